The third kappa shape index (κ3) is 6.54. The maximum atomic E-state index is 12.8. The molecule has 0 unspecified atom stereocenters. The number of carbonyl (C=O) groups excluding carboxylic acids is 2. The fraction of sp³-hybridized carbons (Fsp3) is 0.333. The zero-order chi connectivity index (χ0) is 24.6. The Hall–Kier alpha value is -2.98. The molecule has 2 aromatic rings. The van der Waals surface area contributed by atoms with E-state index in [1.165, 1.54) is 27.9 Å². The fourth-order valence-electron chi connectivity index (χ4n) is 3.47. The Balaban J connectivity index is 1.55. The molecule has 0 atom stereocenters. The maximum absolute atomic E-state index is 12.8. The van der Waals surface area contributed by atoms with Crippen molar-refractivity contribution in [3.8, 4) is 11.5 Å². The second kappa shape index (κ2) is 11.9. The van der Waals surface area contributed by atoms with Crippen molar-refractivity contribution in [1.29, 1.82) is 0 Å². The van der Waals surface area contributed by atoms with Gasteiger partial charge in [0.1, 0.15) is 11.5 Å². The number of hydrazine groups is 1. The Morgan fingerprint density at radius 2 is 1.76 bits per heavy atom. The van der Waals surface area contributed by atoms with Crippen LogP contribution in [0, 0.1) is 0 Å². The monoisotopic (exact) mass is 504 g/mol. The van der Waals surface area contributed by atoms with Crippen molar-refractivity contribution in [3.05, 3.63) is 60.2 Å². The first-order valence-electron chi connectivity index (χ1n) is 10.7. The molecule has 0 saturated carbocycles. The lowest BCUT2D eigenvalue weighted by molar-refractivity contribution is -0.152. The van der Waals surface area contributed by atoms with Crippen molar-refractivity contribution in [1.82, 2.24) is 10.0 Å². The van der Waals surface area contributed by atoms with E-state index in [2.05, 4.69) is 0 Å². The van der Waals surface area contributed by atoms with E-state index < -0.39 is 9.84 Å². The lowest BCUT2D eigenvalue weighted by Crippen LogP contribution is -2.45. The summed E-state index contributed by atoms with van der Waals surface area (Å²) < 4.78 is 35.3. The van der Waals surface area contributed by atoms with E-state index in [0.717, 1.165) is 0 Å². The van der Waals surface area contributed by atoms with Crippen molar-refractivity contribution in [2.24, 2.45) is 0 Å². The number of hydrogen-bond acceptors (Lipinski definition) is 7. The minimum Gasteiger partial charge on any atom is -0.497 e. The van der Waals surface area contributed by atoms with Gasteiger partial charge < -0.3 is 9.47 Å². The second-order valence-electron chi connectivity index (χ2n) is 7.46. The molecule has 1 fully saturated rings. The summed E-state index contributed by atoms with van der Waals surface area (Å²) in [6.07, 6.45) is 3.72. The third-order valence-electron chi connectivity index (χ3n) is 5.24. The maximum Gasteiger partial charge on any atom is 0.265 e. The number of ether oxygens (including phenoxy) is 2. The van der Waals surface area contributed by atoms with Crippen LogP contribution in [0.15, 0.2) is 59.5 Å². The van der Waals surface area contributed by atoms with Crippen molar-refractivity contribution < 1.29 is 27.5 Å². The number of hydrogen-bond donors (Lipinski definition) is 0. The predicted octanol–water partition coefficient (Wildman–Crippen LogP) is 2.90. The lowest BCUT2D eigenvalue weighted by atomic mass is 10.1. The van der Waals surface area contributed by atoms with Crippen LogP contribution >= 0.6 is 11.8 Å². The van der Waals surface area contributed by atoms with E-state index in [9.17, 15) is 18.0 Å². The molecule has 182 valence electrons. The van der Waals surface area contributed by atoms with E-state index in [0.29, 0.717) is 42.3 Å². The Kier molecular flexibility index (Phi) is 9.00. The van der Waals surface area contributed by atoms with Gasteiger partial charge in [0, 0.05) is 30.5 Å². The highest BCUT2D eigenvalue weighted by Crippen LogP contribution is 2.25. The highest BCUT2D eigenvalue weighted by atomic mass is 32.2. The van der Waals surface area contributed by atoms with Gasteiger partial charge >= 0.3 is 0 Å². The molecule has 1 aliphatic rings. The molecule has 34 heavy (non-hydrogen) atoms. The standard InChI is InChI=1S/C24H28N2O6S2/c1-31-20-10-11-22(32-2)19(17-20)9-12-23(27)25-13-6-14-26(25)24(28)18-33-15-16-34(29,30)21-7-4-3-5-8-21/h3-5,7-12,17H,6,13-16,18H2,1-2H3. The van der Waals surface area contributed by atoms with Gasteiger partial charge in [0.25, 0.3) is 11.8 Å². The lowest BCUT2D eigenvalue weighted by Gasteiger charge is -2.26. The van der Waals surface area contributed by atoms with Gasteiger partial charge in [-0.05, 0) is 42.8 Å². The van der Waals surface area contributed by atoms with E-state index in [1.807, 2.05) is 0 Å². The molecule has 0 bridgehead atoms. The molecule has 2 aromatic carbocycles. The molecule has 0 aromatic heterocycles. The quantitative estimate of drug-likeness (QED) is 0.363. The molecule has 10 heteroatoms. The van der Waals surface area contributed by atoms with E-state index in [-0.39, 0.29) is 28.2 Å². The van der Waals surface area contributed by atoms with E-state index in [4.69, 9.17) is 9.47 Å². The molecule has 0 radical (unpaired) electrons. The number of thioether (sulfide) groups is 1. The van der Waals surface area contributed by atoms with Crippen LogP contribution in [0.5, 0.6) is 11.5 Å². The molecular weight excluding hydrogens is 476 g/mol. The van der Waals surface area contributed by atoms with Crippen LogP contribution in [-0.2, 0) is 19.4 Å². The van der Waals surface area contributed by atoms with Crippen molar-refractivity contribution in [2.45, 2.75) is 11.3 Å². The van der Waals surface area contributed by atoms with Crippen LogP contribution in [0.4, 0.5) is 0 Å². The molecule has 2 amide bonds. The number of methoxy groups -OCH3 is 2. The molecule has 1 heterocycles. The van der Waals surface area contributed by atoms with E-state index >= 15 is 0 Å². The molecule has 0 spiro atoms. The van der Waals surface area contributed by atoms with Gasteiger partial charge in [-0.2, -0.15) is 11.8 Å². The van der Waals surface area contributed by atoms with Crippen LogP contribution in [-0.4, -0.2) is 74.8 Å². The summed E-state index contributed by atoms with van der Waals surface area (Å²) in [6, 6.07) is 13.5. The van der Waals surface area contributed by atoms with Crippen LogP contribution in [0.1, 0.15) is 12.0 Å². The number of carbonyl (C=O) groups is 2. The van der Waals surface area contributed by atoms with Crippen LogP contribution in [0.3, 0.4) is 0 Å². The first-order chi connectivity index (χ1) is 16.4. The molecule has 1 saturated heterocycles. The minimum absolute atomic E-state index is 0.0529. The van der Waals surface area contributed by atoms with Gasteiger partial charge in [0.15, 0.2) is 9.84 Å². The van der Waals surface area contributed by atoms with Gasteiger partial charge in [0.05, 0.1) is 30.6 Å². The summed E-state index contributed by atoms with van der Waals surface area (Å²) in [4.78, 5) is 25.8. The molecule has 1 aliphatic heterocycles. The molecule has 8 nitrogen and oxygen atoms in total. The summed E-state index contributed by atoms with van der Waals surface area (Å²) in [5.74, 6) is 1.04. The average Bonchev–Trinajstić information content (AvgIpc) is 3.35. The van der Waals surface area contributed by atoms with E-state index in [1.54, 1.807) is 68.8 Å². The number of benzene rings is 2. The Labute approximate surface area is 204 Å². The predicted molar refractivity (Wildman–Crippen MR) is 132 cm³/mol. The minimum atomic E-state index is -3.38. The Morgan fingerprint density at radius 1 is 1.03 bits per heavy atom. The highest BCUT2D eigenvalue weighted by Gasteiger charge is 2.29. The van der Waals surface area contributed by atoms with Gasteiger partial charge in [-0.25, -0.2) is 13.4 Å². The average molecular weight is 505 g/mol. The summed E-state index contributed by atoms with van der Waals surface area (Å²) >= 11 is 1.25. The molecule has 0 aliphatic carbocycles. The third-order valence-corrected chi connectivity index (χ3v) is 8.17. The first-order valence-corrected chi connectivity index (χ1v) is 13.5. The fourth-order valence-corrected chi connectivity index (χ4v) is 6.09. The summed E-state index contributed by atoms with van der Waals surface area (Å²) in [6.45, 7) is 0.890. The number of rotatable bonds is 10. The number of sulfone groups is 1. The number of nitrogens with zero attached hydrogens (tertiary/aromatic N) is 2. The van der Waals surface area contributed by atoms with Gasteiger partial charge in [0.2, 0.25) is 0 Å². The van der Waals surface area contributed by atoms with Crippen molar-refractivity contribution in [3.63, 3.8) is 0 Å². The topological polar surface area (TPSA) is 93.2 Å². The highest BCUT2D eigenvalue weighted by molar-refractivity contribution is 8.01. The largest absolute Gasteiger partial charge is 0.497 e. The molecule has 0 N–H and O–H groups in total. The van der Waals surface area contributed by atoms with Crippen molar-refractivity contribution >= 4 is 39.5 Å². The van der Waals surface area contributed by atoms with Gasteiger partial charge in [-0.3, -0.25) is 14.6 Å². The Bertz CT molecular complexity index is 1140. The normalized spacial score (nSPS) is 13.9. The summed E-state index contributed by atoms with van der Waals surface area (Å²) in [5.41, 5.74) is 0.683. The molecular formula is C24H28N2O6S2. The van der Waals surface area contributed by atoms with Gasteiger partial charge in [-0.15, -0.1) is 0 Å². The van der Waals surface area contributed by atoms with Crippen LogP contribution < -0.4 is 9.47 Å². The second-order valence-corrected chi connectivity index (χ2v) is 10.7. The Morgan fingerprint density at radius 3 is 2.47 bits per heavy atom. The number of amides is 2. The zero-order valence-electron chi connectivity index (χ0n) is 19.2. The van der Waals surface area contributed by atoms with Crippen LogP contribution in [0.2, 0.25) is 0 Å². The summed E-state index contributed by atoms with van der Waals surface area (Å²) in [5, 5.41) is 2.86. The summed E-state index contributed by atoms with van der Waals surface area (Å²) in [7, 11) is -0.280. The smallest absolute Gasteiger partial charge is 0.265 e. The van der Waals surface area contributed by atoms with Crippen molar-refractivity contribution in [2.75, 3.05) is 44.6 Å². The van der Waals surface area contributed by atoms with Gasteiger partial charge in [-0.1, -0.05) is 18.2 Å². The zero-order valence-corrected chi connectivity index (χ0v) is 20.8. The molecule has 3 rings (SSSR count). The van der Waals surface area contributed by atoms with Crippen LogP contribution in [0.25, 0.3) is 6.08 Å². The first kappa shape index (κ1) is 25.6. The SMILES string of the molecule is COc1ccc(OC)c(C=CC(=O)N2CCCN2C(=O)CSCCS(=O)(=O)c2ccccc2)c1.